The van der Waals surface area contributed by atoms with Crippen molar-refractivity contribution in [3.8, 4) is 0 Å². The quantitative estimate of drug-likeness (QED) is 0.822. The van der Waals surface area contributed by atoms with E-state index in [1.807, 2.05) is 0 Å². The molecule has 0 aliphatic carbocycles. The smallest absolute Gasteiger partial charge is 0.234 e. The van der Waals surface area contributed by atoms with Crippen molar-refractivity contribution in [1.82, 2.24) is 5.32 Å². The maximum absolute atomic E-state index is 14.2. The number of carbonyl (C=O) groups is 3. The van der Waals surface area contributed by atoms with Gasteiger partial charge in [0.25, 0.3) is 0 Å². The Morgan fingerprint density at radius 1 is 1.10 bits per heavy atom. The van der Waals surface area contributed by atoms with Gasteiger partial charge in [0.2, 0.25) is 11.8 Å². The first kappa shape index (κ1) is 13.7. The SMILES string of the molecule is O=C1CN(c2cc(F)c(C3CCC(=O)NC3=O)c(F)c2)C1. The lowest BCUT2D eigenvalue weighted by Gasteiger charge is -2.32. The molecule has 1 aromatic rings. The van der Waals surface area contributed by atoms with Gasteiger partial charge in [-0.2, -0.15) is 0 Å². The van der Waals surface area contributed by atoms with Gasteiger partial charge in [0.1, 0.15) is 11.6 Å². The predicted molar refractivity (Wildman–Crippen MR) is 68.7 cm³/mol. The van der Waals surface area contributed by atoms with Crippen LogP contribution in [0.3, 0.4) is 0 Å². The zero-order chi connectivity index (χ0) is 15.1. The summed E-state index contributed by atoms with van der Waals surface area (Å²) in [5.41, 5.74) is -0.0451. The van der Waals surface area contributed by atoms with Crippen molar-refractivity contribution in [3.05, 3.63) is 29.3 Å². The molecule has 2 amide bonds. The third-order valence-corrected chi connectivity index (χ3v) is 3.75. The van der Waals surface area contributed by atoms with Crippen LogP contribution in [0.4, 0.5) is 14.5 Å². The summed E-state index contributed by atoms with van der Waals surface area (Å²) in [7, 11) is 0. The summed E-state index contributed by atoms with van der Waals surface area (Å²) in [5, 5.41) is 2.08. The molecule has 2 aliphatic rings. The number of imide groups is 1. The highest BCUT2D eigenvalue weighted by Crippen LogP contribution is 2.32. The third kappa shape index (κ3) is 2.39. The third-order valence-electron chi connectivity index (χ3n) is 3.75. The molecule has 0 bridgehead atoms. The Bertz CT molecular complexity index is 629. The van der Waals surface area contributed by atoms with Crippen molar-refractivity contribution >= 4 is 23.3 Å². The minimum absolute atomic E-state index is 0.00469. The molecule has 2 saturated heterocycles. The van der Waals surface area contributed by atoms with Crippen LogP contribution < -0.4 is 10.2 Å². The van der Waals surface area contributed by atoms with Crippen LogP contribution in [0.15, 0.2) is 12.1 Å². The summed E-state index contributed by atoms with van der Waals surface area (Å²) in [6.45, 7) is 0.271. The topological polar surface area (TPSA) is 66.5 Å². The number of hydrogen-bond donors (Lipinski definition) is 1. The maximum Gasteiger partial charge on any atom is 0.234 e. The summed E-state index contributed by atoms with van der Waals surface area (Å²) < 4.78 is 28.3. The largest absolute Gasteiger partial charge is 0.357 e. The fourth-order valence-electron chi connectivity index (χ4n) is 2.62. The number of benzene rings is 1. The first-order valence-corrected chi connectivity index (χ1v) is 6.55. The Labute approximate surface area is 118 Å². The second-order valence-corrected chi connectivity index (χ2v) is 5.22. The molecule has 1 aromatic carbocycles. The number of nitrogens with one attached hydrogen (secondary N) is 1. The number of anilines is 1. The highest BCUT2D eigenvalue weighted by atomic mass is 19.1. The molecule has 0 saturated carbocycles. The van der Waals surface area contributed by atoms with Crippen molar-refractivity contribution in [3.63, 3.8) is 0 Å². The summed E-state index contributed by atoms with van der Waals surface area (Å²) in [4.78, 5) is 35.3. The molecule has 2 fully saturated rings. The lowest BCUT2D eigenvalue weighted by atomic mass is 9.89. The zero-order valence-corrected chi connectivity index (χ0v) is 11.0. The van der Waals surface area contributed by atoms with Crippen molar-refractivity contribution in [1.29, 1.82) is 0 Å². The molecule has 3 rings (SSSR count). The highest BCUT2D eigenvalue weighted by molar-refractivity contribution is 6.01. The number of carbonyl (C=O) groups excluding carboxylic acids is 3. The average molecular weight is 294 g/mol. The van der Waals surface area contributed by atoms with Gasteiger partial charge in [-0.1, -0.05) is 0 Å². The fraction of sp³-hybridized carbons (Fsp3) is 0.357. The summed E-state index contributed by atoms with van der Waals surface area (Å²) in [6, 6.07) is 2.24. The molecule has 110 valence electrons. The van der Waals surface area contributed by atoms with Crippen LogP contribution in [0.5, 0.6) is 0 Å². The first-order valence-electron chi connectivity index (χ1n) is 6.55. The Morgan fingerprint density at radius 2 is 1.71 bits per heavy atom. The molecule has 2 heterocycles. The first-order chi connectivity index (χ1) is 9.95. The molecule has 21 heavy (non-hydrogen) atoms. The van der Waals surface area contributed by atoms with Crippen molar-refractivity contribution in [2.75, 3.05) is 18.0 Å². The zero-order valence-electron chi connectivity index (χ0n) is 11.0. The lowest BCUT2D eigenvalue weighted by molar-refractivity contribution is -0.134. The molecule has 1 N–H and O–H groups in total. The van der Waals surface area contributed by atoms with E-state index in [-0.39, 0.29) is 43.0 Å². The maximum atomic E-state index is 14.2. The van der Waals surface area contributed by atoms with Crippen molar-refractivity contribution in [2.45, 2.75) is 18.8 Å². The van der Waals surface area contributed by atoms with E-state index in [1.165, 1.54) is 0 Å². The fourth-order valence-corrected chi connectivity index (χ4v) is 2.62. The van der Waals surface area contributed by atoms with Crippen LogP contribution in [0.25, 0.3) is 0 Å². The van der Waals surface area contributed by atoms with Crippen LogP contribution in [0.2, 0.25) is 0 Å². The minimum atomic E-state index is -1.00. The van der Waals surface area contributed by atoms with Crippen molar-refractivity contribution in [2.24, 2.45) is 0 Å². The van der Waals surface area contributed by atoms with E-state index in [2.05, 4.69) is 5.32 Å². The monoisotopic (exact) mass is 294 g/mol. The molecule has 1 atom stereocenters. The molecule has 1 unspecified atom stereocenters. The molecule has 0 aromatic heterocycles. The number of nitrogens with zero attached hydrogens (tertiary/aromatic N) is 1. The number of hydrogen-bond acceptors (Lipinski definition) is 4. The number of rotatable bonds is 2. The van der Waals surface area contributed by atoms with Gasteiger partial charge >= 0.3 is 0 Å². The van der Waals surface area contributed by atoms with Crippen LogP contribution >= 0.6 is 0 Å². The number of amides is 2. The second-order valence-electron chi connectivity index (χ2n) is 5.22. The molecule has 2 aliphatic heterocycles. The molecular formula is C14H12F2N2O3. The second kappa shape index (κ2) is 4.91. The Balaban J connectivity index is 1.91. The van der Waals surface area contributed by atoms with E-state index in [9.17, 15) is 23.2 Å². The molecule has 7 heteroatoms. The van der Waals surface area contributed by atoms with Gasteiger partial charge in [-0.3, -0.25) is 19.7 Å². The summed E-state index contributed by atoms with van der Waals surface area (Å²) in [5.74, 6) is -3.79. The van der Waals surface area contributed by atoms with Gasteiger partial charge in [-0.25, -0.2) is 8.78 Å². The molecule has 0 radical (unpaired) electrons. The Morgan fingerprint density at radius 3 is 2.24 bits per heavy atom. The van der Waals surface area contributed by atoms with Gasteiger partial charge in [-0.05, 0) is 18.6 Å². The summed E-state index contributed by atoms with van der Waals surface area (Å²) in [6.07, 6.45) is 0.137. The van der Waals surface area contributed by atoms with Gasteiger partial charge in [-0.15, -0.1) is 0 Å². The van der Waals surface area contributed by atoms with E-state index in [4.69, 9.17) is 0 Å². The number of Topliss-reactive ketones (excluding diaryl/α,β-unsaturated/α-hetero) is 1. The van der Waals surface area contributed by atoms with Gasteiger partial charge in [0.05, 0.1) is 19.0 Å². The predicted octanol–water partition coefficient (Wildman–Crippen LogP) is 0.874. The Kier molecular flexibility index (Phi) is 3.19. The number of piperidine rings is 1. The van der Waals surface area contributed by atoms with Crippen LogP contribution in [0, 0.1) is 11.6 Å². The number of halogens is 2. The Hall–Kier alpha value is -2.31. The molecule has 0 spiro atoms. The van der Waals surface area contributed by atoms with E-state index >= 15 is 0 Å². The van der Waals surface area contributed by atoms with Crippen molar-refractivity contribution < 1.29 is 23.2 Å². The van der Waals surface area contributed by atoms with Crippen LogP contribution in [-0.4, -0.2) is 30.7 Å². The van der Waals surface area contributed by atoms with E-state index < -0.39 is 29.4 Å². The van der Waals surface area contributed by atoms with Gasteiger partial charge in [0, 0.05) is 17.7 Å². The van der Waals surface area contributed by atoms with Gasteiger partial charge < -0.3 is 4.90 Å². The van der Waals surface area contributed by atoms with Crippen LogP contribution in [0.1, 0.15) is 24.3 Å². The average Bonchev–Trinajstić information content (AvgIpc) is 2.36. The van der Waals surface area contributed by atoms with Gasteiger partial charge in [0.15, 0.2) is 5.78 Å². The number of ketones is 1. The van der Waals surface area contributed by atoms with E-state index in [1.54, 1.807) is 4.90 Å². The van der Waals surface area contributed by atoms with E-state index in [0.29, 0.717) is 0 Å². The van der Waals surface area contributed by atoms with Crippen LogP contribution in [-0.2, 0) is 14.4 Å². The lowest BCUT2D eigenvalue weighted by Crippen LogP contribution is -2.47. The summed E-state index contributed by atoms with van der Waals surface area (Å²) >= 11 is 0. The molecular weight excluding hydrogens is 282 g/mol. The molecule has 5 nitrogen and oxygen atoms in total. The highest BCUT2D eigenvalue weighted by Gasteiger charge is 2.33. The normalized spacial score (nSPS) is 22.1. The standard InChI is InChI=1S/C14H12F2N2O3/c15-10-3-7(18-5-8(19)6-18)4-11(16)13(10)9-1-2-12(20)17-14(9)21/h3-4,9H,1-2,5-6H2,(H,17,20,21). The minimum Gasteiger partial charge on any atom is -0.357 e. The van der Waals surface area contributed by atoms with E-state index in [0.717, 1.165) is 12.1 Å².